The first-order valence-corrected chi connectivity index (χ1v) is 11.3. The number of carbonyl (C=O) groups is 1. The molecule has 5 nitrogen and oxygen atoms in total. The van der Waals surface area contributed by atoms with Gasteiger partial charge in [-0.15, -0.1) is 11.3 Å². The normalized spacial score (nSPS) is 21.9. The van der Waals surface area contributed by atoms with Crippen LogP contribution in [0.25, 0.3) is 10.1 Å². The second kappa shape index (κ2) is 9.02. The fourth-order valence-corrected chi connectivity index (χ4v) is 5.13. The number of rotatable bonds is 5. The number of pyridine rings is 1. The fraction of sp³-hybridized carbons (Fsp3) is 0.619. The van der Waals surface area contributed by atoms with Gasteiger partial charge in [0, 0.05) is 42.5 Å². The summed E-state index contributed by atoms with van der Waals surface area (Å²) in [6.07, 6.45) is 9.22. The van der Waals surface area contributed by atoms with E-state index in [1.165, 1.54) is 48.9 Å². The quantitative estimate of drug-likeness (QED) is 0.854. The van der Waals surface area contributed by atoms with Crippen LogP contribution >= 0.6 is 11.3 Å². The van der Waals surface area contributed by atoms with E-state index >= 15 is 0 Å². The Labute approximate surface area is 165 Å². The molecule has 0 unspecified atom stereocenters. The summed E-state index contributed by atoms with van der Waals surface area (Å²) < 4.78 is 1.27. The molecule has 2 aliphatic rings. The average Bonchev–Trinajstić information content (AvgIpc) is 3.04. The van der Waals surface area contributed by atoms with Gasteiger partial charge in [-0.2, -0.15) is 0 Å². The van der Waals surface area contributed by atoms with Gasteiger partial charge in [-0.1, -0.05) is 12.8 Å². The number of thiophene rings is 1. The van der Waals surface area contributed by atoms with E-state index < -0.39 is 0 Å². The minimum atomic E-state index is 0.0681. The predicted octanol–water partition coefficient (Wildman–Crippen LogP) is 3.50. The molecule has 4 rings (SSSR count). The number of aromatic nitrogens is 1. The molecule has 0 radical (unpaired) electrons. The molecule has 0 saturated carbocycles. The van der Waals surface area contributed by atoms with E-state index in [2.05, 4.69) is 37.6 Å². The Balaban J connectivity index is 1.31. The third-order valence-electron chi connectivity index (χ3n) is 5.88. The van der Waals surface area contributed by atoms with Crippen molar-refractivity contribution in [2.45, 2.75) is 38.5 Å². The lowest BCUT2D eigenvalue weighted by molar-refractivity contribution is -0.125. The summed E-state index contributed by atoms with van der Waals surface area (Å²) in [5.41, 5.74) is 0. The second-order valence-electron chi connectivity index (χ2n) is 7.80. The molecule has 2 saturated heterocycles. The van der Waals surface area contributed by atoms with Crippen LogP contribution in [0.15, 0.2) is 23.7 Å². The zero-order chi connectivity index (χ0) is 18.5. The van der Waals surface area contributed by atoms with E-state index in [1.54, 1.807) is 11.3 Å². The summed E-state index contributed by atoms with van der Waals surface area (Å²) in [5, 5.41) is 6.53. The number of fused-ring (bicyclic) bond motifs is 1. The molecule has 1 amide bonds. The third-order valence-corrected chi connectivity index (χ3v) is 6.76. The van der Waals surface area contributed by atoms with Crippen molar-refractivity contribution in [3.8, 4) is 0 Å². The van der Waals surface area contributed by atoms with Crippen LogP contribution in [0.3, 0.4) is 0 Å². The maximum absolute atomic E-state index is 12.7. The van der Waals surface area contributed by atoms with Gasteiger partial charge in [-0.3, -0.25) is 4.79 Å². The van der Waals surface area contributed by atoms with Crippen molar-refractivity contribution in [2.24, 2.45) is 5.92 Å². The monoisotopic (exact) mass is 386 g/mol. The highest BCUT2D eigenvalue weighted by Crippen LogP contribution is 2.31. The standard InChI is InChI=1S/C21H30N4OS/c26-21(23-10-14-24-11-3-1-2-4-12-24)17-6-5-13-25(16-17)20-18-8-15-27-19(18)7-9-22-20/h7-9,15,17H,1-6,10-14,16H2,(H,23,26)/t17-/m0/s1. The Hall–Kier alpha value is -1.66. The number of hydrogen-bond acceptors (Lipinski definition) is 5. The Kier molecular flexibility index (Phi) is 6.24. The van der Waals surface area contributed by atoms with Crippen LogP contribution in [-0.2, 0) is 4.79 Å². The van der Waals surface area contributed by atoms with Gasteiger partial charge in [0.2, 0.25) is 5.91 Å². The smallest absolute Gasteiger partial charge is 0.224 e. The van der Waals surface area contributed by atoms with Crippen molar-refractivity contribution >= 4 is 33.1 Å². The Morgan fingerprint density at radius 3 is 2.85 bits per heavy atom. The molecule has 4 heterocycles. The fourth-order valence-electron chi connectivity index (χ4n) is 4.36. The molecule has 27 heavy (non-hydrogen) atoms. The van der Waals surface area contributed by atoms with Crippen LogP contribution in [0.5, 0.6) is 0 Å². The summed E-state index contributed by atoms with van der Waals surface area (Å²) >= 11 is 1.75. The summed E-state index contributed by atoms with van der Waals surface area (Å²) in [6, 6.07) is 4.22. The van der Waals surface area contributed by atoms with Gasteiger partial charge in [0.05, 0.1) is 5.92 Å². The molecule has 0 aliphatic carbocycles. The van der Waals surface area contributed by atoms with Crippen molar-refractivity contribution in [1.29, 1.82) is 0 Å². The molecule has 2 aromatic rings. The second-order valence-corrected chi connectivity index (χ2v) is 8.75. The van der Waals surface area contributed by atoms with Crippen LogP contribution < -0.4 is 10.2 Å². The molecule has 1 N–H and O–H groups in total. The first-order chi connectivity index (χ1) is 13.3. The van der Waals surface area contributed by atoms with Crippen molar-refractivity contribution in [1.82, 2.24) is 15.2 Å². The summed E-state index contributed by atoms with van der Waals surface area (Å²) in [7, 11) is 0. The lowest BCUT2D eigenvalue weighted by atomic mass is 9.97. The van der Waals surface area contributed by atoms with Crippen LogP contribution in [0.4, 0.5) is 5.82 Å². The van der Waals surface area contributed by atoms with Crippen LogP contribution in [0.2, 0.25) is 0 Å². The largest absolute Gasteiger partial charge is 0.355 e. The zero-order valence-corrected chi connectivity index (χ0v) is 16.8. The summed E-state index contributed by atoms with van der Waals surface area (Å²) in [6.45, 7) is 5.88. The Bertz CT molecular complexity index is 753. The third kappa shape index (κ3) is 4.61. The number of nitrogens with one attached hydrogen (secondary N) is 1. The minimum absolute atomic E-state index is 0.0681. The van der Waals surface area contributed by atoms with Crippen LogP contribution in [0.1, 0.15) is 38.5 Å². The Morgan fingerprint density at radius 2 is 2.00 bits per heavy atom. The highest BCUT2D eigenvalue weighted by molar-refractivity contribution is 7.17. The van der Waals surface area contributed by atoms with E-state index in [9.17, 15) is 4.79 Å². The highest BCUT2D eigenvalue weighted by Gasteiger charge is 2.27. The average molecular weight is 387 g/mol. The lowest BCUT2D eigenvalue weighted by Crippen LogP contribution is -2.45. The molecule has 0 spiro atoms. The Morgan fingerprint density at radius 1 is 1.15 bits per heavy atom. The number of piperidine rings is 1. The maximum Gasteiger partial charge on any atom is 0.224 e. The first-order valence-electron chi connectivity index (χ1n) is 10.4. The van der Waals surface area contributed by atoms with Crippen LogP contribution in [0, 0.1) is 5.92 Å². The van der Waals surface area contributed by atoms with Gasteiger partial charge >= 0.3 is 0 Å². The van der Waals surface area contributed by atoms with E-state index in [0.29, 0.717) is 0 Å². The van der Waals surface area contributed by atoms with Crippen molar-refractivity contribution in [2.75, 3.05) is 44.2 Å². The van der Waals surface area contributed by atoms with E-state index in [1.807, 2.05) is 6.20 Å². The van der Waals surface area contributed by atoms with Gasteiger partial charge in [0.1, 0.15) is 5.82 Å². The zero-order valence-electron chi connectivity index (χ0n) is 16.0. The van der Waals surface area contributed by atoms with E-state index in [0.717, 1.165) is 44.8 Å². The number of anilines is 1. The molecule has 1 atom stereocenters. The molecule has 0 aromatic carbocycles. The van der Waals surface area contributed by atoms with Gasteiger partial charge < -0.3 is 15.1 Å². The molecular formula is C21H30N4OS. The van der Waals surface area contributed by atoms with Gasteiger partial charge in [0.15, 0.2) is 0 Å². The highest BCUT2D eigenvalue weighted by atomic mass is 32.1. The van der Waals surface area contributed by atoms with Crippen molar-refractivity contribution in [3.05, 3.63) is 23.7 Å². The lowest BCUT2D eigenvalue weighted by Gasteiger charge is -2.33. The molecule has 6 heteroatoms. The van der Waals surface area contributed by atoms with Gasteiger partial charge in [0.25, 0.3) is 0 Å². The summed E-state index contributed by atoms with van der Waals surface area (Å²) in [5.74, 6) is 1.32. The number of hydrogen-bond donors (Lipinski definition) is 1. The molecule has 2 aliphatic heterocycles. The van der Waals surface area contributed by atoms with Crippen molar-refractivity contribution in [3.63, 3.8) is 0 Å². The molecule has 0 bridgehead atoms. The maximum atomic E-state index is 12.7. The number of nitrogens with zero attached hydrogens (tertiary/aromatic N) is 3. The number of carbonyl (C=O) groups excluding carboxylic acids is 1. The number of amides is 1. The topological polar surface area (TPSA) is 48.5 Å². The van der Waals surface area contributed by atoms with Crippen LogP contribution in [-0.4, -0.2) is 55.1 Å². The molecule has 146 valence electrons. The minimum Gasteiger partial charge on any atom is -0.355 e. The molecule has 2 aromatic heterocycles. The van der Waals surface area contributed by atoms with E-state index in [4.69, 9.17) is 0 Å². The predicted molar refractivity (Wildman–Crippen MR) is 112 cm³/mol. The van der Waals surface area contributed by atoms with Crippen molar-refractivity contribution < 1.29 is 4.79 Å². The molecule has 2 fully saturated rings. The van der Waals surface area contributed by atoms with Gasteiger partial charge in [-0.25, -0.2) is 4.98 Å². The summed E-state index contributed by atoms with van der Waals surface area (Å²) in [4.78, 5) is 22.2. The molecular weight excluding hydrogens is 356 g/mol. The first kappa shape index (κ1) is 18.7. The van der Waals surface area contributed by atoms with Gasteiger partial charge in [-0.05, 0) is 56.3 Å². The van der Waals surface area contributed by atoms with E-state index in [-0.39, 0.29) is 11.8 Å². The number of likely N-dealkylation sites (tertiary alicyclic amines) is 1. The SMILES string of the molecule is O=C(NCCN1CCCCCC1)[C@H]1CCCN(c2nccc3sccc23)C1.